The van der Waals surface area contributed by atoms with E-state index in [9.17, 15) is 9.59 Å². The SMILES string of the molecule is CC#CCNC1CC(=O)N(C2CCCCCC2)C1=O. The maximum absolute atomic E-state index is 12.3. The third-order valence-corrected chi connectivity index (χ3v) is 3.99. The van der Waals surface area contributed by atoms with Gasteiger partial charge in [-0.25, -0.2) is 0 Å². The van der Waals surface area contributed by atoms with Crippen LogP contribution in [0.15, 0.2) is 0 Å². The van der Waals surface area contributed by atoms with E-state index in [1.807, 2.05) is 0 Å². The molecule has 0 bridgehead atoms. The highest BCUT2D eigenvalue weighted by Crippen LogP contribution is 2.26. The Hall–Kier alpha value is -1.34. The Balaban J connectivity index is 1.98. The van der Waals surface area contributed by atoms with Crippen molar-refractivity contribution in [1.29, 1.82) is 0 Å². The van der Waals surface area contributed by atoms with Crippen LogP contribution in [0.25, 0.3) is 0 Å². The quantitative estimate of drug-likeness (QED) is 0.476. The molecule has 2 aliphatic rings. The molecule has 2 fully saturated rings. The molecule has 0 radical (unpaired) electrons. The molecular weight excluding hydrogens is 240 g/mol. The number of imide groups is 1. The molecule has 1 atom stereocenters. The van der Waals surface area contributed by atoms with Gasteiger partial charge in [0.2, 0.25) is 11.8 Å². The third kappa shape index (κ3) is 3.36. The molecule has 1 aliphatic heterocycles. The first-order valence-electron chi connectivity index (χ1n) is 7.23. The van der Waals surface area contributed by atoms with Gasteiger partial charge in [-0.3, -0.25) is 19.8 Å². The number of likely N-dealkylation sites (tertiary alicyclic amines) is 1. The Labute approximate surface area is 114 Å². The molecule has 19 heavy (non-hydrogen) atoms. The van der Waals surface area contributed by atoms with Crippen LogP contribution in [0.5, 0.6) is 0 Å². The molecule has 0 spiro atoms. The van der Waals surface area contributed by atoms with Crippen molar-refractivity contribution in [1.82, 2.24) is 10.2 Å². The Morgan fingerprint density at radius 2 is 1.89 bits per heavy atom. The molecule has 4 nitrogen and oxygen atoms in total. The van der Waals surface area contributed by atoms with Gasteiger partial charge in [-0.15, -0.1) is 5.92 Å². The largest absolute Gasteiger partial charge is 0.295 e. The fourth-order valence-corrected chi connectivity index (χ4v) is 2.97. The average molecular weight is 262 g/mol. The summed E-state index contributed by atoms with van der Waals surface area (Å²) < 4.78 is 0. The number of rotatable bonds is 3. The number of hydrogen-bond donors (Lipinski definition) is 1. The number of amides is 2. The molecule has 1 saturated carbocycles. The summed E-state index contributed by atoms with van der Waals surface area (Å²) in [7, 11) is 0. The van der Waals surface area contributed by atoms with E-state index in [1.165, 1.54) is 17.7 Å². The highest BCUT2D eigenvalue weighted by atomic mass is 16.2. The highest BCUT2D eigenvalue weighted by molar-refractivity contribution is 6.05. The molecule has 104 valence electrons. The van der Waals surface area contributed by atoms with Crippen molar-refractivity contribution in [3.05, 3.63) is 0 Å². The van der Waals surface area contributed by atoms with Crippen molar-refractivity contribution in [3.8, 4) is 11.8 Å². The van der Waals surface area contributed by atoms with Crippen LogP contribution in [0.4, 0.5) is 0 Å². The summed E-state index contributed by atoms with van der Waals surface area (Å²) >= 11 is 0. The van der Waals surface area contributed by atoms with E-state index < -0.39 is 0 Å². The van der Waals surface area contributed by atoms with Crippen LogP contribution in [0.3, 0.4) is 0 Å². The molecule has 2 amide bonds. The summed E-state index contributed by atoms with van der Waals surface area (Å²) in [5.74, 6) is 5.59. The van der Waals surface area contributed by atoms with Crippen molar-refractivity contribution in [2.45, 2.75) is 64.0 Å². The standard InChI is InChI=1S/C15H22N2O2/c1-2-3-10-16-13-11-14(18)17(15(13)19)12-8-6-4-5-7-9-12/h12-13,16H,4-11H2,1H3. The lowest BCUT2D eigenvalue weighted by Crippen LogP contribution is -2.44. The molecule has 1 saturated heterocycles. The minimum Gasteiger partial charge on any atom is -0.295 e. The Morgan fingerprint density at radius 1 is 1.21 bits per heavy atom. The summed E-state index contributed by atoms with van der Waals surface area (Å²) in [6, 6.07) is -0.233. The summed E-state index contributed by atoms with van der Waals surface area (Å²) in [5, 5.41) is 3.06. The van der Waals surface area contributed by atoms with Gasteiger partial charge in [0.1, 0.15) is 0 Å². The summed E-state index contributed by atoms with van der Waals surface area (Å²) in [6.45, 7) is 2.24. The second kappa shape index (κ2) is 6.72. The Kier molecular flexibility index (Phi) is 4.98. The monoisotopic (exact) mass is 262 g/mol. The maximum Gasteiger partial charge on any atom is 0.247 e. The topological polar surface area (TPSA) is 49.4 Å². The zero-order valence-corrected chi connectivity index (χ0v) is 11.6. The third-order valence-electron chi connectivity index (χ3n) is 3.99. The van der Waals surface area contributed by atoms with Crippen molar-refractivity contribution in [2.75, 3.05) is 6.54 Å². The Bertz CT molecular complexity index is 400. The van der Waals surface area contributed by atoms with E-state index in [1.54, 1.807) is 6.92 Å². The highest BCUT2D eigenvalue weighted by Gasteiger charge is 2.41. The number of hydrogen-bond acceptors (Lipinski definition) is 3. The van der Waals surface area contributed by atoms with Crippen LogP contribution < -0.4 is 5.32 Å². The van der Waals surface area contributed by atoms with E-state index in [2.05, 4.69) is 17.2 Å². The predicted octanol–water partition coefficient (Wildman–Crippen LogP) is 1.45. The molecule has 0 aromatic heterocycles. The molecular formula is C15H22N2O2. The van der Waals surface area contributed by atoms with Crippen molar-refractivity contribution in [3.63, 3.8) is 0 Å². The first-order chi connectivity index (χ1) is 9.24. The molecule has 1 heterocycles. The van der Waals surface area contributed by atoms with E-state index >= 15 is 0 Å². The molecule has 0 aromatic rings. The number of carbonyl (C=O) groups excluding carboxylic acids is 2. The van der Waals surface area contributed by atoms with Crippen LogP contribution >= 0.6 is 0 Å². The second-order valence-electron chi connectivity index (χ2n) is 5.31. The Morgan fingerprint density at radius 3 is 2.53 bits per heavy atom. The lowest BCUT2D eigenvalue weighted by molar-refractivity contribution is -0.141. The van der Waals surface area contributed by atoms with Crippen LogP contribution in [0.1, 0.15) is 51.9 Å². The molecule has 1 unspecified atom stereocenters. The first-order valence-corrected chi connectivity index (χ1v) is 7.23. The van der Waals surface area contributed by atoms with E-state index in [-0.39, 0.29) is 23.9 Å². The van der Waals surface area contributed by atoms with Crippen LogP contribution in [0.2, 0.25) is 0 Å². The smallest absolute Gasteiger partial charge is 0.247 e. The van der Waals surface area contributed by atoms with Gasteiger partial charge in [0.15, 0.2) is 0 Å². The summed E-state index contributed by atoms with van der Waals surface area (Å²) in [6.07, 6.45) is 6.93. The van der Waals surface area contributed by atoms with Gasteiger partial charge in [0.25, 0.3) is 0 Å². The molecule has 1 N–H and O–H groups in total. The first kappa shape index (κ1) is 14.1. The van der Waals surface area contributed by atoms with Gasteiger partial charge in [-0.05, 0) is 19.8 Å². The van der Waals surface area contributed by atoms with Crippen molar-refractivity contribution in [2.24, 2.45) is 0 Å². The predicted molar refractivity (Wildman–Crippen MR) is 73.2 cm³/mol. The molecule has 1 aliphatic carbocycles. The normalized spacial score (nSPS) is 25.1. The van der Waals surface area contributed by atoms with Crippen molar-refractivity contribution < 1.29 is 9.59 Å². The average Bonchev–Trinajstić information content (AvgIpc) is 2.61. The van der Waals surface area contributed by atoms with Gasteiger partial charge in [-0.1, -0.05) is 31.6 Å². The van der Waals surface area contributed by atoms with Gasteiger partial charge < -0.3 is 0 Å². The number of nitrogens with zero attached hydrogens (tertiary/aromatic N) is 1. The number of nitrogens with one attached hydrogen (secondary N) is 1. The van der Waals surface area contributed by atoms with Gasteiger partial charge in [-0.2, -0.15) is 0 Å². The maximum atomic E-state index is 12.3. The minimum atomic E-state index is -0.364. The summed E-state index contributed by atoms with van der Waals surface area (Å²) in [4.78, 5) is 25.9. The van der Waals surface area contributed by atoms with Gasteiger partial charge in [0.05, 0.1) is 19.0 Å². The lowest BCUT2D eigenvalue weighted by Gasteiger charge is -2.25. The summed E-state index contributed by atoms with van der Waals surface area (Å²) in [5.41, 5.74) is 0. The zero-order chi connectivity index (χ0) is 13.7. The van der Waals surface area contributed by atoms with Crippen LogP contribution in [0, 0.1) is 11.8 Å². The lowest BCUT2D eigenvalue weighted by atomic mass is 10.1. The fourth-order valence-electron chi connectivity index (χ4n) is 2.97. The fraction of sp³-hybridized carbons (Fsp3) is 0.733. The van der Waals surface area contributed by atoms with E-state index in [0.29, 0.717) is 13.0 Å². The van der Waals surface area contributed by atoms with Crippen molar-refractivity contribution >= 4 is 11.8 Å². The van der Waals surface area contributed by atoms with Crippen LogP contribution in [-0.4, -0.2) is 35.3 Å². The molecule has 4 heteroatoms. The molecule has 0 aromatic carbocycles. The second-order valence-corrected chi connectivity index (χ2v) is 5.31. The van der Waals surface area contributed by atoms with Gasteiger partial charge >= 0.3 is 0 Å². The minimum absolute atomic E-state index is 0.0149. The van der Waals surface area contributed by atoms with Gasteiger partial charge in [0, 0.05) is 6.04 Å². The molecule has 2 rings (SSSR count). The zero-order valence-electron chi connectivity index (χ0n) is 11.6. The van der Waals surface area contributed by atoms with E-state index in [0.717, 1.165) is 25.7 Å². The number of carbonyl (C=O) groups is 2. The van der Waals surface area contributed by atoms with E-state index in [4.69, 9.17) is 0 Å². The van der Waals surface area contributed by atoms with Crippen LogP contribution in [-0.2, 0) is 9.59 Å².